The van der Waals surface area contributed by atoms with Crippen LogP contribution in [0, 0.1) is 0 Å². The summed E-state index contributed by atoms with van der Waals surface area (Å²) in [6.07, 6.45) is 1.11. The Morgan fingerprint density at radius 2 is 1.60 bits per heavy atom. The molecule has 2 heterocycles. The Labute approximate surface area is 252 Å². The molecule has 4 aromatic rings. The standard InChI is InChI=1S/C36H36N2O5/c1-42-21-9-20-37-31-14-7-3-10-27(31)22-36(35(37)41)30-13-6-5-12-29(30)34(40)38(23-28-11-4-8-15-32(28)43-2)33(36)26-18-16-25(24-39)17-19-26/h3-8,10-19,33,39H,9,20-24H2,1-2H3/t33-,36-/m0/s1. The van der Waals surface area contributed by atoms with Gasteiger partial charge in [-0.1, -0.05) is 78.9 Å². The third-order valence-electron chi connectivity index (χ3n) is 8.80. The number of hydrogen-bond acceptors (Lipinski definition) is 5. The largest absolute Gasteiger partial charge is 0.496 e. The van der Waals surface area contributed by atoms with Crippen LogP contribution in [0.4, 0.5) is 5.69 Å². The summed E-state index contributed by atoms with van der Waals surface area (Å²) < 4.78 is 11.0. The van der Waals surface area contributed by atoms with Crippen molar-refractivity contribution < 1.29 is 24.2 Å². The summed E-state index contributed by atoms with van der Waals surface area (Å²) in [5.74, 6) is 0.503. The van der Waals surface area contributed by atoms with E-state index in [1.54, 1.807) is 14.2 Å². The lowest BCUT2D eigenvalue weighted by molar-refractivity contribution is -0.128. The van der Waals surface area contributed by atoms with Gasteiger partial charge in [-0.2, -0.15) is 0 Å². The van der Waals surface area contributed by atoms with Gasteiger partial charge in [0.05, 0.1) is 26.3 Å². The predicted octanol–water partition coefficient (Wildman–Crippen LogP) is 5.45. The zero-order valence-corrected chi connectivity index (χ0v) is 24.5. The SMILES string of the molecule is COCCCN1C(=O)[C@@]2(Cc3ccccc31)c1ccccc1C(=O)N(Cc1ccccc1OC)[C@H]2c1ccc(CO)cc1. The molecule has 2 amide bonds. The maximum absolute atomic E-state index is 15.2. The molecule has 0 saturated carbocycles. The van der Waals surface area contributed by atoms with Gasteiger partial charge in [-0.05, 0) is 53.3 Å². The second kappa shape index (κ2) is 12.0. The van der Waals surface area contributed by atoms with Crippen molar-refractivity contribution in [3.05, 3.63) is 130 Å². The first-order valence-electron chi connectivity index (χ1n) is 14.6. The summed E-state index contributed by atoms with van der Waals surface area (Å²) in [4.78, 5) is 33.5. The Bertz CT molecular complexity index is 1630. The minimum Gasteiger partial charge on any atom is -0.496 e. The van der Waals surface area contributed by atoms with Gasteiger partial charge in [-0.15, -0.1) is 0 Å². The van der Waals surface area contributed by atoms with E-state index < -0.39 is 11.5 Å². The van der Waals surface area contributed by atoms with Crippen LogP contribution in [0.25, 0.3) is 0 Å². The molecular formula is C36H36N2O5. The van der Waals surface area contributed by atoms with E-state index in [1.165, 1.54) is 0 Å². The van der Waals surface area contributed by atoms with E-state index >= 15 is 4.79 Å². The first-order valence-corrected chi connectivity index (χ1v) is 14.6. The van der Waals surface area contributed by atoms with Gasteiger partial charge in [0.2, 0.25) is 5.91 Å². The number of benzene rings is 4. The fourth-order valence-electron chi connectivity index (χ4n) is 6.86. The number of anilines is 1. The Morgan fingerprint density at radius 3 is 2.37 bits per heavy atom. The molecule has 6 rings (SSSR count). The highest BCUT2D eigenvalue weighted by Crippen LogP contribution is 2.54. The molecule has 0 unspecified atom stereocenters. The molecule has 7 heteroatoms. The number of carbonyl (C=O) groups excluding carboxylic acids is 2. The van der Waals surface area contributed by atoms with Gasteiger partial charge in [0.25, 0.3) is 5.91 Å². The molecule has 0 fully saturated rings. The lowest BCUT2D eigenvalue weighted by Crippen LogP contribution is -2.62. The molecule has 0 bridgehead atoms. The number of carbonyl (C=O) groups is 2. The summed E-state index contributed by atoms with van der Waals surface area (Å²) in [6.45, 7) is 1.18. The van der Waals surface area contributed by atoms with Crippen LogP contribution in [0.2, 0.25) is 0 Å². The minimum absolute atomic E-state index is 0.0384. The molecule has 0 radical (unpaired) electrons. The van der Waals surface area contributed by atoms with Crippen LogP contribution in [0.3, 0.4) is 0 Å². The molecule has 220 valence electrons. The van der Waals surface area contributed by atoms with E-state index in [0.29, 0.717) is 37.3 Å². The Hall–Kier alpha value is -4.46. The average Bonchev–Trinajstić information content (AvgIpc) is 3.05. The smallest absolute Gasteiger partial charge is 0.255 e. The Morgan fingerprint density at radius 1 is 0.884 bits per heavy atom. The molecule has 2 atom stereocenters. The molecule has 2 aliphatic rings. The maximum atomic E-state index is 15.2. The molecule has 0 saturated heterocycles. The van der Waals surface area contributed by atoms with Crippen molar-refractivity contribution >= 4 is 17.5 Å². The van der Waals surface area contributed by atoms with Gasteiger partial charge in [0.1, 0.15) is 11.2 Å². The van der Waals surface area contributed by atoms with Crippen molar-refractivity contribution in [1.29, 1.82) is 0 Å². The zero-order chi connectivity index (χ0) is 30.0. The topological polar surface area (TPSA) is 79.3 Å². The fraction of sp³-hybridized carbons (Fsp3) is 0.278. The Balaban J connectivity index is 1.61. The summed E-state index contributed by atoms with van der Waals surface area (Å²) in [5.41, 5.74) is 4.57. The lowest BCUT2D eigenvalue weighted by atomic mass is 9.61. The third kappa shape index (κ3) is 4.88. The first-order chi connectivity index (χ1) is 21.0. The van der Waals surface area contributed by atoms with Crippen molar-refractivity contribution in [2.75, 3.05) is 32.3 Å². The third-order valence-corrected chi connectivity index (χ3v) is 8.80. The van der Waals surface area contributed by atoms with E-state index in [2.05, 4.69) is 6.07 Å². The molecule has 4 aromatic carbocycles. The van der Waals surface area contributed by atoms with E-state index in [1.807, 2.05) is 101 Å². The quantitative estimate of drug-likeness (QED) is 0.268. The van der Waals surface area contributed by atoms with Gasteiger partial charge in [-0.3, -0.25) is 9.59 Å². The molecule has 2 aliphatic heterocycles. The minimum atomic E-state index is -1.10. The van der Waals surface area contributed by atoms with E-state index in [-0.39, 0.29) is 25.0 Å². The highest BCUT2D eigenvalue weighted by atomic mass is 16.5. The summed E-state index contributed by atoms with van der Waals surface area (Å²) in [6, 6.07) is 30.3. The molecule has 0 aromatic heterocycles. The van der Waals surface area contributed by atoms with Crippen molar-refractivity contribution in [3.63, 3.8) is 0 Å². The molecule has 43 heavy (non-hydrogen) atoms. The van der Waals surface area contributed by atoms with Crippen LogP contribution in [0.1, 0.15) is 50.6 Å². The van der Waals surface area contributed by atoms with Crippen LogP contribution >= 0.6 is 0 Å². The maximum Gasteiger partial charge on any atom is 0.255 e. The fourth-order valence-corrected chi connectivity index (χ4v) is 6.86. The van der Waals surface area contributed by atoms with Crippen LogP contribution in [0.15, 0.2) is 97.1 Å². The van der Waals surface area contributed by atoms with Crippen LogP contribution in [-0.2, 0) is 34.5 Å². The van der Waals surface area contributed by atoms with Crippen LogP contribution < -0.4 is 9.64 Å². The highest BCUT2D eigenvalue weighted by Gasteiger charge is 2.59. The summed E-state index contributed by atoms with van der Waals surface area (Å²) in [7, 11) is 3.29. The van der Waals surface area contributed by atoms with E-state index in [4.69, 9.17) is 9.47 Å². The van der Waals surface area contributed by atoms with Crippen molar-refractivity contribution in [2.45, 2.75) is 37.5 Å². The van der Waals surface area contributed by atoms with Gasteiger partial charge in [-0.25, -0.2) is 0 Å². The molecular weight excluding hydrogens is 540 g/mol. The first kappa shape index (κ1) is 28.6. The lowest BCUT2D eigenvalue weighted by Gasteiger charge is -2.53. The van der Waals surface area contributed by atoms with Gasteiger partial charge >= 0.3 is 0 Å². The molecule has 7 nitrogen and oxygen atoms in total. The molecule has 0 aliphatic carbocycles. The monoisotopic (exact) mass is 576 g/mol. The number of amides is 2. The second-order valence-electron chi connectivity index (χ2n) is 11.2. The summed E-state index contributed by atoms with van der Waals surface area (Å²) in [5, 5.41) is 9.80. The number of rotatable bonds is 9. The van der Waals surface area contributed by atoms with Crippen molar-refractivity contribution in [1.82, 2.24) is 4.90 Å². The van der Waals surface area contributed by atoms with Crippen LogP contribution in [-0.4, -0.2) is 49.2 Å². The summed E-state index contributed by atoms with van der Waals surface area (Å²) >= 11 is 0. The number of methoxy groups -OCH3 is 2. The zero-order valence-electron chi connectivity index (χ0n) is 24.5. The molecule has 1 N–H and O–H groups in total. The van der Waals surface area contributed by atoms with Crippen molar-refractivity contribution in [3.8, 4) is 5.75 Å². The number of para-hydroxylation sites is 2. The number of fused-ring (bicyclic) bond motifs is 3. The number of hydrogen-bond donors (Lipinski definition) is 1. The molecule has 1 spiro atoms. The van der Waals surface area contributed by atoms with E-state index in [9.17, 15) is 9.90 Å². The van der Waals surface area contributed by atoms with Crippen molar-refractivity contribution in [2.24, 2.45) is 0 Å². The number of nitrogens with zero attached hydrogens (tertiary/aromatic N) is 2. The number of aliphatic hydroxyl groups excluding tert-OH is 1. The average molecular weight is 577 g/mol. The predicted molar refractivity (Wildman–Crippen MR) is 165 cm³/mol. The van der Waals surface area contributed by atoms with Crippen LogP contribution in [0.5, 0.6) is 5.75 Å². The second-order valence-corrected chi connectivity index (χ2v) is 11.2. The van der Waals surface area contributed by atoms with Gasteiger partial charge in [0, 0.05) is 37.1 Å². The number of aliphatic hydroxyl groups is 1. The highest BCUT2D eigenvalue weighted by molar-refractivity contribution is 6.09. The Kier molecular flexibility index (Phi) is 8.02. The van der Waals surface area contributed by atoms with Gasteiger partial charge in [0.15, 0.2) is 0 Å². The van der Waals surface area contributed by atoms with E-state index in [0.717, 1.165) is 33.5 Å². The normalized spacial score (nSPS) is 19.4. The number of ether oxygens (including phenoxy) is 2. The van der Waals surface area contributed by atoms with Gasteiger partial charge < -0.3 is 24.4 Å².